The lowest BCUT2D eigenvalue weighted by molar-refractivity contribution is 0.0473. The van der Waals surface area contributed by atoms with Crippen LogP contribution in [0.1, 0.15) is 29.8 Å². The Labute approximate surface area is 183 Å². The van der Waals surface area contributed by atoms with Crippen molar-refractivity contribution in [3.63, 3.8) is 0 Å². The summed E-state index contributed by atoms with van der Waals surface area (Å²) in [5.41, 5.74) is 0.287. The Morgan fingerprint density at radius 2 is 1.64 bits per heavy atom. The van der Waals surface area contributed by atoms with Gasteiger partial charge in [0.05, 0.1) is 15.6 Å². The quantitative estimate of drug-likeness (QED) is 0.519. The lowest BCUT2D eigenvalue weighted by atomic mass is 10.2. The lowest BCUT2D eigenvalue weighted by Crippen LogP contribution is -2.28. The fourth-order valence-corrected chi connectivity index (χ4v) is 4.70. The highest BCUT2D eigenvalue weighted by molar-refractivity contribution is 7.89. The summed E-state index contributed by atoms with van der Waals surface area (Å²) in [6, 6.07) is 7.15. The first-order valence-corrected chi connectivity index (χ1v) is 11.1. The van der Waals surface area contributed by atoms with Crippen molar-refractivity contribution in [2.45, 2.75) is 25.3 Å². The zero-order valence-electron chi connectivity index (χ0n) is 14.9. The Morgan fingerprint density at radius 1 is 1.04 bits per heavy atom. The molecule has 0 aliphatic rings. The number of ether oxygens (including phenoxy) is 1. The molecule has 28 heavy (non-hydrogen) atoms. The van der Waals surface area contributed by atoms with Gasteiger partial charge < -0.3 is 4.74 Å². The maximum atomic E-state index is 12.5. The van der Waals surface area contributed by atoms with E-state index in [0.717, 1.165) is 6.07 Å². The molecule has 0 unspecified atom stereocenters. The zero-order valence-corrected chi connectivity index (χ0v) is 18.8. The molecule has 0 radical (unpaired) electrons. The highest BCUT2D eigenvalue weighted by atomic mass is 35.5. The Morgan fingerprint density at radius 3 is 2.21 bits per heavy atom. The van der Waals surface area contributed by atoms with Crippen LogP contribution in [0.4, 0.5) is 0 Å². The maximum absolute atomic E-state index is 12.5. The van der Waals surface area contributed by atoms with E-state index in [2.05, 4.69) is 4.72 Å². The second kappa shape index (κ2) is 9.65. The van der Waals surface area contributed by atoms with E-state index in [9.17, 15) is 13.2 Å². The van der Waals surface area contributed by atoms with E-state index < -0.39 is 16.0 Å². The largest absolute Gasteiger partial charge is 0.457 e. The van der Waals surface area contributed by atoms with Crippen LogP contribution in [0.2, 0.25) is 20.1 Å². The van der Waals surface area contributed by atoms with Gasteiger partial charge in [0, 0.05) is 22.2 Å². The number of sulfonamides is 1. The van der Waals surface area contributed by atoms with Crippen LogP contribution in [-0.2, 0) is 21.4 Å². The minimum absolute atomic E-state index is 0.0388. The summed E-state index contributed by atoms with van der Waals surface area (Å²) < 4.78 is 32.6. The molecule has 0 fully saturated rings. The molecule has 10 heteroatoms. The van der Waals surface area contributed by atoms with Gasteiger partial charge in [-0.15, -0.1) is 0 Å². The van der Waals surface area contributed by atoms with Crippen LogP contribution < -0.4 is 4.72 Å². The van der Waals surface area contributed by atoms with Crippen molar-refractivity contribution in [2.75, 3.05) is 6.54 Å². The third-order valence-corrected chi connectivity index (χ3v) is 6.53. The highest BCUT2D eigenvalue weighted by Crippen LogP contribution is 2.30. The van der Waals surface area contributed by atoms with E-state index in [-0.39, 0.29) is 39.6 Å². The number of benzene rings is 2. The molecular formula is C18H17Cl4NO4S. The first-order chi connectivity index (χ1) is 13.0. The number of halogens is 4. The van der Waals surface area contributed by atoms with Gasteiger partial charge in [0.1, 0.15) is 11.5 Å². The van der Waals surface area contributed by atoms with E-state index in [1.807, 2.05) is 13.8 Å². The van der Waals surface area contributed by atoms with Crippen LogP contribution in [-0.4, -0.2) is 20.9 Å². The molecule has 0 heterocycles. The molecule has 0 aliphatic heterocycles. The lowest BCUT2D eigenvalue weighted by Gasteiger charge is -2.13. The molecule has 2 rings (SSSR count). The van der Waals surface area contributed by atoms with Gasteiger partial charge in [0.15, 0.2) is 0 Å². The van der Waals surface area contributed by atoms with Gasteiger partial charge in [-0.2, -0.15) is 0 Å². The molecule has 152 valence electrons. The molecule has 0 aliphatic carbocycles. The molecule has 2 aromatic rings. The molecule has 0 spiro atoms. The van der Waals surface area contributed by atoms with Gasteiger partial charge in [-0.1, -0.05) is 66.3 Å². The molecule has 5 nitrogen and oxygen atoms in total. The maximum Gasteiger partial charge on any atom is 0.340 e. The van der Waals surface area contributed by atoms with Gasteiger partial charge in [0.2, 0.25) is 10.0 Å². The molecule has 0 atom stereocenters. The van der Waals surface area contributed by atoms with Crippen LogP contribution in [0.15, 0.2) is 35.2 Å². The van der Waals surface area contributed by atoms with Crippen LogP contribution >= 0.6 is 46.4 Å². The standard InChI is InChI=1S/C18H17Cl4NO4S/c1-10(2)8-23-28(25,26)17-6-11(15(21)7-16(17)22)18(24)27-9-12-13(19)4-3-5-14(12)20/h3-7,10,23H,8-9H2,1-2H3. The Balaban J connectivity index is 2.29. The van der Waals surface area contributed by atoms with Crippen LogP contribution in [0.25, 0.3) is 0 Å². The third kappa shape index (κ3) is 5.75. The summed E-state index contributed by atoms with van der Waals surface area (Å²) in [6.45, 7) is 3.72. The Hall–Kier alpha value is -1.02. The average Bonchev–Trinajstić information content (AvgIpc) is 2.59. The van der Waals surface area contributed by atoms with Crippen molar-refractivity contribution < 1.29 is 17.9 Å². The monoisotopic (exact) mass is 483 g/mol. The SMILES string of the molecule is CC(C)CNS(=O)(=O)c1cc(C(=O)OCc2c(Cl)cccc2Cl)c(Cl)cc1Cl. The predicted molar refractivity (Wildman–Crippen MR) is 112 cm³/mol. The van der Waals surface area contributed by atoms with Crippen molar-refractivity contribution >= 4 is 62.4 Å². The van der Waals surface area contributed by atoms with Crippen LogP contribution in [0.3, 0.4) is 0 Å². The normalized spacial score (nSPS) is 11.7. The predicted octanol–water partition coefficient (Wildman–Crippen LogP) is 5.59. The molecule has 0 bridgehead atoms. The molecular weight excluding hydrogens is 468 g/mol. The van der Waals surface area contributed by atoms with Crippen molar-refractivity contribution in [3.8, 4) is 0 Å². The third-order valence-electron chi connectivity index (χ3n) is 3.62. The smallest absolute Gasteiger partial charge is 0.340 e. The first-order valence-electron chi connectivity index (χ1n) is 8.11. The second-order valence-electron chi connectivity index (χ2n) is 6.28. The van der Waals surface area contributed by atoms with E-state index in [1.165, 1.54) is 6.07 Å². The number of nitrogens with one attached hydrogen (secondary N) is 1. The fourth-order valence-electron chi connectivity index (χ4n) is 2.13. The van der Waals surface area contributed by atoms with Gasteiger partial charge in [-0.3, -0.25) is 0 Å². The minimum atomic E-state index is -3.93. The van der Waals surface area contributed by atoms with E-state index in [0.29, 0.717) is 15.6 Å². The molecule has 1 N–H and O–H groups in total. The number of carbonyl (C=O) groups excluding carboxylic acids is 1. The Bertz CT molecular complexity index is 973. The van der Waals surface area contributed by atoms with Gasteiger partial charge in [-0.05, 0) is 30.2 Å². The van der Waals surface area contributed by atoms with E-state index >= 15 is 0 Å². The highest BCUT2D eigenvalue weighted by Gasteiger charge is 2.23. The number of esters is 1. The molecule has 0 aromatic heterocycles. The fraction of sp³-hybridized carbons (Fsp3) is 0.278. The topological polar surface area (TPSA) is 72.5 Å². The Kier molecular flexibility index (Phi) is 8.02. The summed E-state index contributed by atoms with van der Waals surface area (Å²) in [6.07, 6.45) is 0. The summed E-state index contributed by atoms with van der Waals surface area (Å²) in [4.78, 5) is 12.2. The summed E-state index contributed by atoms with van der Waals surface area (Å²) in [5, 5.41) is 0.530. The summed E-state index contributed by atoms with van der Waals surface area (Å²) >= 11 is 24.2. The first kappa shape index (κ1) is 23.3. The van der Waals surface area contributed by atoms with Gasteiger partial charge in [0.25, 0.3) is 0 Å². The summed E-state index contributed by atoms with van der Waals surface area (Å²) in [5.74, 6) is -0.747. The van der Waals surface area contributed by atoms with Gasteiger partial charge in [-0.25, -0.2) is 17.9 Å². The number of rotatable bonds is 7. The van der Waals surface area contributed by atoms with E-state index in [1.54, 1.807) is 18.2 Å². The average molecular weight is 485 g/mol. The molecule has 2 aromatic carbocycles. The minimum Gasteiger partial charge on any atom is -0.457 e. The number of hydrogen-bond acceptors (Lipinski definition) is 4. The van der Waals surface area contributed by atoms with Crippen LogP contribution in [0.5, 0.6) is 0 Å². The van der Waals surface area contributed by atoms with Gasteiger partial charge >= 0.3 is 5.97 Å². The van der Waals surface area contributed by atoms with Crippen molar-refractivity contribution in [3.05, 3.63) is 61.5 Å². The second-order valence-corrected chi connectivity index (χ2v) is 9.65. The molecule has 0 saturated carbocycles. The number of carbonyl (C=O) groups is 1. The van der Waals surface area contributed by atoms with Crippen molar-refractivity contribution in [1.29, 1.82) is 0 Å². The zero-order chi connectivity index (χ0) is 21.1. The van der Waals surface area contributed by atoms with Crippen LogP contribution in [0, 0.1) is 5.92 Å². The summed E-state index contributed by atoms with van der Waals surface area (Å²) in [7, 11) is -3.93. The molecule has 0 amide bonds. The number of hydrogen-bond donors (Lipinski definition) is 1. The molecule has 0 saturated heterocycles. The van der Waals surface area contributed by atoms with Crippen molar-refractivity contribution in [2.24, 2.45) is 5.92 Å². The van der Waals surface area contributed by atoms with Crippen molar-refractivity contribution in [1.82, 2.24) is 4.72 Å². The van der Waals surface area contributed by atoms with E-state index in [4.69, 9.17) is 51.1 Å².